The number of para-hydroxylation sites is 1. The molecular weight excluding hydrogens is 326 g/mol. The zero-order valence-electron chi connectivity index (χ0n) is 13.4. The van der Waals surface area contributed by atoms with Crippen LogP contribution >= 0.6 is 24.0 Å². The Morgan fingerprint density at radius 1 is 1.26 bits per heavy atom. The van der Waals surface area contributed by atoms with Gasteiger partial charge in [-0.2, -0.15) is 0 Å². The molecule has 2 aromatic rings. The molecule has 1 aliphatic rings. The van der Waals surface area contributed by atoms with Crippen LogP contribution in [0.5, 0.6) is 5.88 Å². The predicted molar refractivity (Wildman–Crippen MR) is 98.4 cm³/mol. The summed E-state index contributed by atoms with van der Waals surface area (Å²) in [4.78, 5) is 3.45. The zero-order valence-corrected chi connectivity index (χ0v) is 15.0. The quantitative estimate of drug-likeness (QED) is 0.662. The third kappa shape index (κ3) is 2.63. The zero-order chi connectivity index (χ0) is 16.6. The summed E-state index contributed by atoms with van der Waals surface area (Å²) in [5.74, 6) is 0.175. The highest BCUT2D eigenvalue weighted by molar-refractivity contribution is 8.03. The van der Waals surface area contributed by atoms with Crippen LogP contribution in [-0.4, -0.2) is 20.8 Å². The van der Waals surface area contributed by atoms with Gasteiger partial charge in [-0.3, -0.25) is 4.57 Å². The van der Waals surface area contributed by atoms with E-state index in [-0.39, 0.29) is 5.88 Å². The van der Waals surface area contributed by atoms with Crippen LogP contribution in [0.4, 0.5) is 5.69 Å². The van der Waals surface area contributed by atoms with Gasteiger partial charge in [0, 0.05) is 31.1 Å². The first kappa shape index (κ1) is 16.0. The number of benzene rings is 1. The van der Waals surface area contributed by atoms with Crippen molar-refractivity contribution in [3.8, 4) is 5.88 Å². The number of hydrogen-bond acceptors (Lipinski definition) is 4. The second-order valence-electron chi connectivity index (χ2n) is 5.20. The van der Waals surface area contributed by atoms with Gasteiger partial charge in [-0.25, -0.2) is 0 Å². The van der Waals surface area contributed by atoms with Gasteiger partial charge in [0.15, 0.2) is 4.77 Å². The first-order chi connectivity index (χ1) is 11.1. The predicted octanol–water partition coefficient (Wildman–Crippen LogP) is 4.37. The van der Waals surface area contributed by atoms with E-state index in [9.17, 15) is 5.11 Å². The monoisotopic (exact) mass is 345 g/mol. The molecule has 0 amide bonds. The maximum atomic E-state index is 10.3. The first-order valence-corrected chi connectivity index (χ1v) is 8.80. The number of rotatable bonds is 3. The summed E-state index contributed by atoms with van der Waals surface area (Å²) in [7, 11) is 1.77. The molecule has 0 fully saturated rings. The molecule has 1 aromatic carbocycles. The Kier molecular flexibility index (Phi) is 4.39. The lowest BCUT2D eigenvalue weighted by Crippen LogP contribution is -2.15. The highest BCUT2D eigenvalue weighted by Gasteiger charge is 2.23. The van der Waals surface area contributed by atoms with E-state index in [1.807, 2.05) is 29.7 Å². The molecule has 1 aromatic heterocycles. The van der Waals surface area contributed by atoms with Gasteiger partial charge >= 0.3 is 0 Å². The average Bonchev–Trinajstić information content (AvgIpc) is 3.02. The fourth-order valence-electron chi connectivity index (χ4n) is 2.70. The summed E-state index contributed by atoms with van der Waals surface area (Å²) in [5, 5.41) is 11.3. The lowest BCUT2D eigenvalue weighted by Gasteiger charge is -2.15. The molecule has 3 rings (SSSR count). The second kappa shape index (κ2) is 6.32. The standard InChI is InChI=1S/C17H19N3OS2/c1-4-19-12-8-6-7-9-14(12)23-15(19)11-10-13-16(21)18(3)17(22)20(13)5-2/h6-10,21H,4-5H2,1-3H3. The van der Waals surface area contributed by atoms with Gasteiger partial charge in [0.1, 0.15) is 10.7 Å². The Morgan fingerprint density at radius 2 is 2.00 bits per heavy atom. The van der Waals surface area contributed by atoms with Crippen molar-refractivity contribution in [2.75, 3.05) is 11.4 Å². The van der Waals surface area contributed by atoms with Crippen LogP contribution < -0.4 is 4.90 Å². The van der Waals surface area contributed by atoms with Crippen molar-refractivity contribution in [2.45, 2.75) is 25.3 Å². The van der Waals surface area contributed by atoms with Crippen molar-refractivity contribution in [1.29, 1.82) is 0 Å². The summed E-state index contributed by atoms with van der Waals surface area (Å²) in [6, 6.07) is 8.33. The molecule has 1 N–H and O–H groups in total. The van der Waals surface area contributed by atoms with Crippen molar-refractivity contribution >= 4 is 35.7 Å². The van der Waals surface area contributed by atoms with E-state index in [0.717, 1.165) is 11.6 Å². The molecule has 2 heterocycles. The number of fused-ring (bicyclic) bond motifs is 1. The number of anilines is 1. The van der Waals surface area contributed by atoms with E-state index in [1.54, 1.807) is 23.4 Å². The van der Waals surface area contributed by atoms with Crippen LogP contribution in [0.1, 0.15) is 19.5 Å². The normalized spacial score (nSPS) is 13.2. The van der Waals surface area contributed by atoms with Gasteiger partial charge in [0.05, 0.1) is 5.69 Å². The molecule has 23 heavy (non-hydrogen) atoms. The van der Waals surface area contributed by atoms with Crippen molar-refractivity contribution in [1.82, 2.24) is 9.13 Å². The number of imidazole rings is 1. The van der Waals surface area contributed by atoms with E-state index >= 15 is 0 Å². The topological polar surface area (TPSA) is 33.3 Å². The summed E-state index contributed by atoms with van der Waals surface area (Å²) < 4.78 is 4.13. The fraction of sp³-hybridized carbons (Fsp3) is 0.294. The SMILES string of the molecule is CCN1C(=C=Cc2c(O)n(C)c(=S)n2CC)Sc2ccccc21. The minimum absolute atomic E-state index is 0.175. The average molecular weight is 345 g/mol. The number of aromatic hydroxyl groups is 1. The number of thioether (sulfide) groups is 1. The summed E-state index contributed by atoms with van der Waals surface area (Å²) in [5.41, 5.74) is 5.25. The molecule has 6 heteroatoms. The van der Waals surface area contributed by atoms with E-state index in [1.165, 1.54) is 10.6 Å². The minimum atomic E-state index is 0.175. The first-order valence-electron chi connectivity index (χ1n) is 7.58. The second-order valence-corrected chi connectivity index (χ2v) is 6.60. The molecule has 0 atom stereocenters. The third-order valence-electron chi connectivity index (χ3n) is 3.93. The lowest BCUT2D eigenvalue weighted by molar-refractivity contribution is 0.430. The van der Waals surface area contributed by atoms with Crippen molar-refractivity contribution in [3.63, 3.8) is 0 Å². The van der Waals surface area contributed by atoms with E-state index in [0.29, 0.717) is 17.0 Å². The Morgan fingerprint density at radius 3 is 2.70 bits per heavy atom. The van der Waals surface area contributed by atoms with Gasteiger partial charge in [0.2, 0.25) is 5.88 Å². The van der Waals surface area contributed by atoms with Gasteiger partial charge in [-0.05, 0) is 38.2 Å². The maximum Gasteiger partial charge on any atom is 0.218 e. The number of aromatic nitrogens is 2. The van der Waals surface area contributed by atoms with Crippen molar-refractivity contribution in [3.05, 3.63) is 45.5 Å². The van der Waals surface area contributed by atoms with Crippen LogP contribution in [-0.2, 0) is 13.6 Å². The van der Waals surface area contributed by atoms with Crippen LogP contribution in [0.15, 0.2) is 39.9 Å². The molecule has 0 radical (unpaired) electrons. The smallest absolute Gasteiger partial charge is 0.218 e. The van der Waals surface area contributed by atoms with Gasteiger partial charge in [-0.15, -0.1) is 0 Å². The molecule has 0 saturated heterocycles. The van der Waals surface area contributed by atoms with Gasteiger partial charge in [0.25, 0.3) is 0 Å². The summed E-state index contributed by atoms with van der Waals surface area (Å²) in [6.45, 7) is 5.72. The minimum Gasteiger partial charge on any atom is -0.493 e. The van der Waals surface area contributed by atoms with Gasteiger partial charge < -0.3 is 14.6 Å². The Balaban J connectivity index is 2.08. The molecule has 1 aliphatic heterocycles. The Bertz CT molecular complexity index is 872. The maximum absolute atomic E-state index is 10.3. The van der Waals surface area contributed by atoms with Crippen LogP contribution in [0.2, 0.25) is 0 Å². The Labute approximate surface area is 145 Å². The molecule has 0 spiro atoms. The number of hydrogen-bond donors (Lipinski definition) is 1. The molecule has 0 aliphatic carbocycles. The highest BCUT2D eigenvalue weighted by Crippen LogP contribution is 2.45. The molecule has 120 valence electrons. The molecule has 0 unspecified atom stereocenters. The fourth-order valence-corrected chi connectivity index (χ4v) is 4.11. The third-order valence-corrected chi connectivity index (χ3v) is 5.52. The highest BCUT2D eigenvalue weighted by atomic mass is 32.2. The molecular formula is C17H19N3OS2. The molecule has 4 nitrogen and oxygen atoms in total. The summed E-state index contributed by atoms with van der Waals surface area (Å²) in [6.07, 6.45) is 1.82. The number of nitrogens with zero attached hydrogens (tertiary/aromatic N) is 3. The molecule has 0 bridgehead atoms. The van der Waals surface area contributed by atoms with Gasteiger partial charge in [-0.1, -0.05) is 29.6 Å². The largest absolute Gasteiger partial charge is 0.493 e. The van der Waals surface area contributed by atoms with E-state index < -0.39 is 0 Å². The van der Waals surface area contributed by atoms with Crippen LogP contribution in [0.25, 0.3) is 6.08 Å². The van der Waals surface area contributed by atoms with E-state index in [2.05, 4.69) is 29.7 Å². The Hall–Kier alpha value is -1.88. The summed E-state index contributed by atoms with van der Waals surface area (Å²) >= 11 is 7.04. The molecule has 0 saturated carbocycles. The van der Waals surface area contributed by atoms with Crippen LogP contribution in [0, 0.1) is 4.77 Å². The van der Waals surface area contributed by atoms with Crippen LogP contribution in [0.3, 0.4) is 0 Å². The lowest BCUT2D eigenvalue weighted by atomic mass is 10.3. The van der Waals surface area contributed by atoms with Crippen molar-refractivity contribution in [2.24, 2.45) is 7.05 Å². The van der Waals surface area contributed by atoms with Crippen molar-refractivity contribution < 1.29 is 5.11 Å². The van der Waals surface area contributed by atoms with E-state index in [4.69, 9.17) is 12.2 Å².